The zero-order valence-electron chi connectivity index (χ0n) is 31.6. The van der Waals surface area contributed by atoms with Crippen LogP contribution in [0.25, 0.3) is 6.08 Å². The molecule has 2 unspecified atom stereocenters. The van der Waals surface area contributed by atoms with Crippen molar-refractivity contribution >= 4 is 31.6 Å². The van der Waals surface area contributed by atoms with E-state index in [2.05, 4.69) is 23.2 Å². The number of aromatic nitrogens is 3. The number of carbonyl (C=O) groups excluding carboxylic acids is 1. The Hall–Kier alpha value is -5.18. The lowest BCUT2D eigenvalue weighted by molar-refractivity contribution is -0.146. The highest BCUT2D eigenvalue weighted by Gasteiger charge is 2.47. The number of hydrogen-bond donors (Lipinski definition) is 0. The summed E-state index contributed by atoms with van der Waals surface area (Å²) in [5, 5.41) is 11.8. The minimum atomic E-state index is -4.32. The first-order valence-electron chi connectivity index (χ1n) is 17.9. The third kappa shape index (κ3) is 12.0. The van der Waals surface area contributed by atoms with Crippen molar-refractivity contribution in [2.24, 2.45) is 0 Å². The molecule has 0 aliphatic carbocycles. The molecule has 1 aliphatic rings. The molecule has 0 saturated carbocycles. The molecule has 0 N–H and O–H groups in total. The van der Waals surface area contributed by atoms with Gasteiger partial charge in [0.1, 0.15) is 35.9 Å². The van der Waals surface area contributed by atoms with E-state index in [1.807, 2.05) is 6.07 Å². The zero-order valence-corrected chi connectivity index (χ0v) is 33.3. The largest absolute Gasteiger partial charge is 0.475 e. The number of benzene rings is 3. The van der Waals surface area contributed by atoms with E-state index in [-0.39, 0.29) is 60.8 Å². The number of hydrogen-bond acceptors (Lipinski definition) is 12. The Morgan fingerprint density at radius 2 is 1.78 bits per heavy atom. The summed E-state index contributed by atoms with van der Waals surface area (Å²) in [6.07, 6.45) is 10.7. The van der Waals surface area contributed by atoms with Gasteiger partial charge in [-0.25, -0.2) is 36.6 Å². The molecule has 2 heterocycles. The maximum absolute atomic E-state index is 16.0. The summed E-state index contributed by atoms with van der Waals surface area (Å²) >= 11 is 1.23. The van der Waals surface area contributed by atoms with Crippen LogP contribution in [0.1, 0.15) is 39.5 Å². The Bertz CT molecular complexity index is 2230. The number of nitrogens with zero attached hydrogens (tertiary/aromatic N) is 4. The molecular formula is C41H39F4N4O8PS. The Balaban J connectivity index is 1.40. The van der Waals surface area contributed by atoms with Crippen LogP contribution >= 0.6 is 19.6 Å². The number of ether oxygens (including phenoxy) is 3. The predicted molar refractivity (Wildman–Crippen MR) is 210 cm³/mol. The minimum Gasteiger partial charge on any atom is -0.447 e. The molecule has 59 heavy (non-hydrogen) atoms. The number of esters is 1. The molecule has 1 saturated heterocycles. The van der Waals surface area contributed by atoms with E-state index in [4.69, 9.17) is 33.0 Å². The van der Waals surface area contributed by atoms with Gasteiger partial charge >= 0.3 is 13.8 Å². The second-order valence-corrected chi connectivity index (χ2v) is 16.0. The number of phosphoric ester groups is 1. The quantitative estimate of drug-likeness (QED) is 0.0276. The number of allylic oxidation sites excluding steroid dienone is 2. The lowest BCUT2D eigenvalue weighted by Gasteiger charge is -2.40. The first-order chi connectivity index (χ1) is 28.4. The van der Waals surface area contributed by atoms with Crippen LogP contribution in [0.5, 0.6) is 0 Å². The number of rotatable bonds is 20. The number of nitriles is 1. The summed E-state index contributed by atoms with van der Waals surface area (Å²) in [5.74, 6) is -4.53. The summed E-state index contributed by atoms with van der Waals surface area (Å²) in [6, 6.07) is 12.4. The van der Waals surface area contributed by atoms with E-state index in [0.29, 0.717) is 6.07 Å². The van der Waals surface area contributed by atoms with Crippen molar-refractivity contribution in [3.05, 3.63) is 162 Å². The fourth-order valence-electron chi connectivity index (χ4n) is 5.79. The summed E-state index contributed by atoms with van der Waals surface area (Å²) in [5.41, 5.74) is -2.44. The lowest BCUT2D eigenvalue weighted by Crippen LogP contribution is -2.47. The van der Waals surface area contributed by atoms with Crippen LogP contribution in [0, 0.1) is 34.6 Å². The molecule has 4 aromatic rings. The molecule has 310 valence electrons. The zero-order chi connectivity index (χ0) is 42.4. The van der Waals surface area contributed by atoms with Gasteiger partial charge in [0.05, 0.1) is 62.0 Å². The van der Waals surface area contributed by atoms with Gasteiger partial charge in [-0.15, -0.1) is 24.9 Å². The van der Waals surface area contributed by atoms with E-state index in [1.165, 1.54) is 71.6 Å². The van der Waals surface area contributed by atoms with Gasteiger partial charge < -0.3 is 14.2 Å². The minimum absolute atomic E-state index is 0.129. The monoisotopic (exact) mass is 854 g/mol. The first-order valence-corrected chi connectivity index (χ1v) is 20.3. The van der Waals surface area contributed by atoms with E-state index in [0.717, 1.165) is 24.3 Å². The third-order valence-corrected chi connectivity index (χ3v) is 11.5. The van der Waals surface area contributed by atoms with E-state index in [1.54, 1.807) is 25.2 Å². The van der Waals surface area contributed by atoms with E-state index in [9.17, 15) is 18.1 Å². The number of carbonyl (C=O) groups is 1. The van der Waals surface area contributed by atoms with Crippen LogP contribution < -0.4 is 0 Å². The Kier molecular flexibility index (Phi) is 16.1. The number of halogens is 4. The molecule has 1 fully saturated rings. The average Bonchev–Trinajstić information content (AvgIpc) is 3.74. The molecule has 1 aromatic heterocycles. The average molecular weight is 855 g/mol. The third-order valence-electron chi connectivity index (χ3n) is 8.66. The predicted octanol–water partition coefficient (Wildman–Crippen LogP) is 8.62. The highest BCUT2D eigenvalue weighted by Crippen LogP contribution is 2.50. The molecule has 0 amide bonds. The van der Waals surface area contributed by atoms with Gasteiger partial charge in [0.15, 0.2) is 11.9 Å². The molecule has 0 bridgehead atoms. The highest BCUT2D eigenvalue weighted by atomic mass is 32.2. The van der Waals surface area contributed by atoms with Gasteiger partial charge in [0.25, 0.3) is 0 Å². The van der Waals surface area contributed by atoms with Crippen LogP contribution in [0.4, 0.5) is 17.6 Å². The summed E-state index contributed by atoms with van der Waals surface area (Å²) in [6.45, 7) is 7.34. The van der Waals surface area contributed by atoms with Crippen molar-refractivity contribution in [1.82, 2.24) is 14.8 Å². The molecule has 1 aliphatic heterocycles. The normalized spacial score (nSPS) is 17.4. The topological polar surface area (TPSA) is 144 Å². The van der Waals surface area contributed by atoms with Gasteiger partial charge in [-0.2, -0.15) is 10.4 Å². The van der Waals surface area contributed by atoms with Crippen molar-refractivity contribution in [2.75, 3.05) is 26.4 Å². The fourth-order valence-corrected chi connectivity index (χ4v) is 8.23. The number of thioether (sulfide) groups is 1. The summed E-state index contributed by atoms with van der Waals surface area (Å²) in [4.78, 5) is 18.3. The first kappa shape index (κ1) is 44.9. The van der Waals surface area contributed by atoms with E-state index >= 15 is 8.78 Å². The molecule has 0 radical (unpaired) electrons. The second-order valence-electron chi connectivity index (χ2n) is 12.7. The maximum atomic E-state index is 16.0. The van der Waals surface area contributed by atoms with Crippen LogP contribution in [0.3, 0.4) is 0 Å². The smallest absolute Gasteiger partial charge is 0.447 e. The molecular weight excluding hydrogens is 816 g/mol. The van der Waals surface area contributed by atoms with Gasteiger partial charge in [-0.05, 0) is 49.4 Å². The second kappa shape index (κ2) is 21.2. The van der Waals surface area contributed by atoms with Crippen molar-refractivity contribution in [3.8, 4) is 6.07 Å². The molecule has 12 nitrogen and oxygen atoms in total. The summed E-state index contributed by atoms with van der Waals surface area (Å²) < 4.78 is 109. The SMILES string of the molecule is C=CCOP(=O)(OCC=C)OCc1c(F)cccc1C(=O)OC(Cn1cncn1)(c1ccc(F)cc1F)C(C)SC1COC(C=CC=Cc2ccc(C#N)cc2F)OC1. The van der Waals surface area contributed by atoms with Crippen molar-refractivity contribution in [3.63, 3.8) is 0 Å². The van der Waals surface area contributed by atoms with Crippen molar-refractivity contribution in [1.29, 1.82) is 5.26 Å². The molecule has 18 heteroatoms. The van der Waals surface area contributed by atoms with E-state index < -0.39 is 66.1 Å². The maximum Gasteiger partial charge on any atom is 0.475 e. The highest BCUT2D eigenvalue weighted by molar-refractivity contribution is 8.00. The molecule has 2 atom stereocenters. The van der Waals surface area contributed by atoms with Crippen molar-refractivity contribution < 1.29 is 54.7 Å². The van der Waals surface area contributed by atoms with Gasteiger partial charge in [-0.1, -0.05) is 42.5 Å². The Labute approximate surface area is 342 Å². The standard InChI is InChI=1S/C41H39F4N4O8PS/c1-4-17-54-58(51,55-18-5-2)56-24-34-33(10-8-11-36(34)43)40(50)57-41(25-49-27-47-26-48-49,35-16-15-31(42)20-38(35)45)28(3)59-32-22-52-39(53-23-32)12-7-6-9-30-14-13-29(21-46)19-37(30)44/h4-16,19-20,26-28,32,39H,1-2,17-18,22-25H2,3H3. The molecule has 5 rings (SSSR count). The van der Waals surface area contributed by atoms with Crippen molar-refractivity contribution in [2.45, 2.75) is 42.5 Å². The fraction of sp³-hybridized carbons (Fsp3) is 0.268. The Morgan fingerprint density at radius 1 is 1.03 bits per heavy atom. The van der Waals surface area contributed by atoms with Crippen LogP contribution in [0.15, 0.2) is 111 Å². The molecule has 0 spiro atoms. The lowest BCUT2D eigenvalue weighted by atomic mass is 9.89. The summed E-state index contributed by atoms with van der Waals surface area (Å²) in [7, 11) is -4.32. The number of phosphoric acid groups is 1. The van der Waals surface area contributed by atoms with Crippen LogP contribution in [-0.2, 0) is 51.1 Å². The van der Waals surface area contributed by atoms with Crippen LogP contribution in [0.2, 0.25) is 0 Å². The van der Waals surface area contributed by atoms with Gasteiger partial charge in [0, 0.05) is 28.0 Å². The van der Waals surface area contributed by atoms with Gasteiger partial charge in [-0.3, -0.25) is 13.6 Å². The van der Waals surface area contributed by atoms with Gasteiger partial charge in [0.2, 0.25) is 0 Å². The molecule has 3 aromatic carbocycles. The Morgan fingerprint density at radius 3 is 2.42 bits per heavy atom. The van der Waals surface area contributed by atoms with Crippen LogP contribution in [-0.4, -0.2) is 64.0 Å².